The zero-order valence-electron chi connectivity index (χ0n) is 12.5. The van der Waals surface area contributed by atoms with Crippen LogP contribution in [0.15, 0.2) is 91.0 Å². The van der Waals surface area contributed by atoms with Gasteiger partial charge in [-0.1, -0.05) is 54.6 Å². The Morgan fingerprint density at radius 3 is 2.26 bits per heavy atom. The normalized spacial score (nSPS) is 10.6. The van der Waals surface area contributed by atoms with Crippen LogP contribution in [0.1, 0.15) is 0 Å². The Bertz CT molecular complexity index is 948. The first-order valence-corrected chi connectivity index (χ1v) is 7.58. The zero-order chi connectivity index (χ0) is 15.5. The summed E-state index contributed by atoms with van der Waals surface area (Å²) in [7, 11) is 0. The van der Waals surface area contributed by atoms with Crippen molar-refractivity contribution in [2.45, 2.75) is 0 Å². The standard InChI is InChI=1S/C21H15NO/c1-2-9-17(10-3-1)23-21-13-7-5-11-18(21)20-15-14-16-8-4-6-12-19(16)22-20/h1-15H. The van der Waals surface area contributed by atoms with E-state index in [2.05, 4.69) is 12.1 Å². The summed E-state index contributed by atoms with van der Waals surface area (Å²) in [5.74, 6) is 1.63. The lowest BCUT2D eigenvalue weighted by molar-refractivity contribution is 0.484. The summed E-state index contributed by atoms with van der Waals surface area (Å²) in [6, 6.07) is 30.0. The Balaban J connectivity index is 1.78. The molecule has 23 heavy (non-hydrogen) atoms. The van der Waals surface area contributed by atoms with Crippen molar-refractivity contribution in [1.82, 2.24) is 4.98 Å². The molecule has 4 rings (SSSR count). The van der Waals surface area contributed by atoms with Crippen LogP contribution in [0.25, 0.3) is 22.2 Å². The van der Waals surface area contributed by atoms with E-state index in [-0.39, 0.29) is 0 Å². The van der Waals surface area contributed by atoms with Gasteiger partial charge in [-0.2, -0.15) is 0 Å². The average Bonchev–Trinajstić information content (AvgIpc) is 2.63. The van der Waals surface area contributed by atoms with E-state index >= 15 is 0 Å². The molecule has 0 spiro atoms. The van der Waals surface area contributed by atoms with Crippen molar-refractivity contribution in [1.29, 1.82) is 0 Å². The van der Waals surface area contributed by atoms with E-state index in [1.165, 1.54) is 0 Å². The van der Waals surface area contributed by atoms with E-state index in [0.29, 0.717) is 0 Å². The maximum atomic E-state index is 6.04. The maximum Gasteiger partial charge on any atom is 0.136 e. The molecule has 0 aliphatic carbocycles. The van der Waals surface area contributed by atoms with Crippen molar-refractivity contribution in [2.24, 2.45) is 0 Å². The summed E-state index contributed by atoms with van der Waals surface area (Å²) in [6.07, 6.45) is 0. The van der Waals surface area contributed by atoms with Crippen LogP contribution in [0.4, 0.5) is 0 Å². The fourth-order valence-corrected chi connectivity index (χ4v) is 2.60. The van der Waals surface area contributed by atoms with E-state index in [1.54, 1.807) is 0 Å². The summed E-state index contributed by atoms with van der Waals surface area (Å²) in [6.45, 7) is 0. The second kappa shape index (κ2) is 5.93. The van der Waals surface area contributed by atoms with Crippen LogP contribution in [-0.2, 0) is 0 Å². The lowest BCUT2D eigenvalue weighted by atomic mass is 10.1. The van der Waals surface area contributed by atoms with E-state index in [4.69, 9.17) is 9.72 Å². The smallest absolute Gasteiger partial charge is 0.136 e. The molecule has 0 amide bonds. The highest BCUT2D eigenvalue weighted by atomic mass is 16.5. The maximum absolute atomic E-state index is 6.04. The van der Waals surface area contributed by atoms with Crippen molar-refractivity contribution in [3.63, 3.8) is 0 Å². The van der Waals surface area contributed by atoms with Gasteiger partial charge < -0.3 is 4.74 Å². The van der Waals surface area contributed by atoms with Gasteiger partial charge in [0.25, 0.3) is 0 Å². The number of fused-ring (bicyclic) bond motifs is 1. The third-order valence-electron chi connectivity index (χ3n) is 3.73. The predicted molar refractivity (Wildman–Crippen MR) is 93.7 cm³/mol. The Morgan fingerprint density at radius 1 is 0.609 bits per heavy atom. The quantitative estimate of drug-likeness (QED) is 0.484. The second-order valence-corrected chi connectivity index (χ2v) is 5.30. The minimum atomic E-state index is 0.807. The minimum absolute atomic E-state index is 0.807. The van der Waals surface area contributed by atoms with Crippen molar-refractivity contribution in [3.8, 4) is 22.8 Å². The number of pyridine rings is 1. The molecular weight excluding hydrogens is 282 g/mol. The van der Waals surface area contributed by atoms with Gasteiger partial charge in [-0.25, -0.2) is 4.98 Å². The highest BCUT2D eigenvalue weighted by Crippen LogP contribution is 2.32. The third kappa shape index (κ3) is 2.79. The van der Waals surface area contributed by atoms with E-state index in [0.717, 1.165) is 33.7 Å². The first-order valence-electron chi connectivity index (χ1n) is 7.58. The molecule has 0 saturated carbocycles. The Hall–Kier alpha value is -3.13. The van der Waals surface area contributed by atoms with Crippen LogP contribution >= 0.6 is 0 Å². The molecule has 0 atom stereocenters. The Kier molecular flexibility index (Phi) is 3.49. The van der Waals surface area contributed by atoms with Gasteiger partial charge in [0.1, 0.15) is 11.5 Å². The van der Waals surface area contributed by atoms with Gasteiger partial charge in [0.05, 0.1) is 11.2 Å². The molecule has 0 radical (unpaired) electrons. The number of benzene rings is 3. The fraction of sp³-hybridized carbons (Fsp3) is 0. The Morgan fingerprint density at radius 2 is 1.35 bits per heavy atom. The van der Waals surface area contributed by atoms with Crippen molar-refractivity contribution in [2.75, 3.05) is 0 Å². The molecule has 2 nitrogen and oxygen atoms in total. The zero-order valence-corrected chi connectivity index (χ0v) is 12.5. The van der Waals surface area contributed by atoms with Gasteiger partial charge in [-0.15, -0.1) is 0 Å². The van der Waals surface area contributed by atoms with Crippen molar-refractivity contribution in [3.05, 3.63) is 91.0 Å². The summed E-state index contributed by atoms with van der Waals surface area (Å²) in [5.41, 5.74) is 2.89. The lowest BCUT2D eigenvalue weighted by Crippen LogP contribution is -1.90. The largest absolute Gasteiger partial charge is 0.457 e. The number of para-hydroxylation sites is 3. The molecule has 110 valence electrons. The number of rotatable bonds is 3. The molecule has 0 aliphatic heterocycles. The molecule has 0 unspecified atom stereocenters. The minimum Gasteiger partial charge on any atom is -0.457 e. The van der Waals surface area contributed by atoms with Crippen molar-refractivity contribution >= 4 is 10.9 Å². The number of hydrogen-bond acceptors (Lipinski definition) is 2. The summed E-state index contributed by atoms with van der Waals surface area (Å²) in [4.78, 5) is 4.77. The topological polar surface area (TPSA) is 22.1 Å². The third-order valence-corrected chi connectivity index (χ3v) is 3.73. The van der Waals surface area contributed by atoms with Gasteiger partial charge in [-0.3, -0.25) is 0 Å². The molecule has 4 aromatic rings. The highest BCUT2D eigenvalue weighted by Gasteiger charge is 2.08. The molecule has 1 heterocycles. The second-order valence-electron chi connectivity index (χ2n) is 5.30. The molecule has 0 aliphatic rings. The van der Waals surface area contributed by atoms with Gasteiger partial charge in [-0.05, 0) is 36.4 Å². The van der Waals surface area contributed by atoms with Gasteiger partial charge in [0.15, 0.2) is 0 Å². The van der Waals surface area contributed by atoms with Crippen LogP contribution in [0.2, 0.25) is 0 Å². The fourth-order valence-electron chi connectivity index (χ4n) is 2.60. The molecule has 0 N–H and O–H groups in total. The number of nitrogens with zero attached hydrogens (tertiary/aromatic N) is 1. The van der Waals surface area contributed by atoms with Gasteiger partial charge >= 0.3 is 0 Å². The molecule has 1 aromatic heterocycles. The molecule has 2 heteroatoms. The van der Waals surface area contributed by atoms with Crippen LogP contribution < -0.4 is 4.74 Å². The summed E-state index contributed by atoms with van der Waals surface area (Å²) in [5, 5.41) is 1.14. The van der Waals surface area contributed by atoms with Crippen LogP contribution in [0.3, 0.4) is 0 Å². The average molecular weight is 297 g/mol. The molecule has 0 saturated heterocycles. The summed E-state index contributed by atoms with van der Waals surface area (Å²) >= 11 is 0. The van der Waals surface area contributed by atoms with Gasteiger partial charge in [0, 0.05) is 10.9 Å². The number of ether oxygens (including phenoxy) is 1. The van der Waals surface area contributed by atoms with Crippen LogP contribution in [-0.4, -0.2) is 4.98 Å². The monoisotopic (exact) mass is 297 g/mol. The summed E-state index contributed by atoms with van der Waals surface area (Å²) < 4.78 is 6.04. The lowest BCUT2D eigenvalue weighted by Gasteiger charge is -2.11. The molecular formula is C21H15NO. The van der Waals surface area contributed by atoms with E-state index in [9.17, 15) is 0 Å². The SMILES string of the molecule is c1ccc(Oc2ccccc2-c2ccc3ccccc3n2)cc1. The van der Waals surface area contributed by atoms with Crippen molar-refractivity contribution < 1.29 is 4.74 Å². The first-order chi connectivity index (χ1) is 11.4. The van der Waals surface area contributed by atoms with Crippen LogP contribution in [0, 0.1) is 0 Å². The van der Waals surface area contributed by atoms with Gasteiger partial charge in [0.2, 0.25) is 0 Å². The van der Waals surface area contributed by atoms with Crippen LogP contribution in [0.5, 0.6) is 11.5 Å². The number of hydrogen-bond donors (Lipinski definition) is 0. The molecule has 0 fully saturated rings. The Labute approximate surface area is 135 Å². The number of aromatic nitrogens is 1. The van der Waals surface area contributed by atoms with E-state index in [1.807, 2.05) is 78.9 Å². The molecule has 0 bridgehead atoms. The first kappa shape index (κ1) is 13.5. The highest BCUT2D eigenvalue weighted by molar-refractivity contribution is 5.82. The predicted octanol–water partition coefficient (Wildman–Crippen LogP) is 5.69. The molecule has 3 aromatic carbocycles. The van der Waals surface area contributed by atoms with E-state index < -0.39 is 0 Å².